The average molecular weight is 290 g/mol. The zero-order valence-electron chi connectivity index (χ0n) is 12.4. The SMILES string of the molecule is CNC(=O)C1CCCN1C(C)C(=O)Nc1ccccc1N. The molecule has 1 aromatic rings. The second-order valence-electron chi connectivity index (χ2n) is 5.26. The number of likely N-dealkylation sites (N-methyl/N-ethyl adjacent to an activating group) is 1. The molecule has 0 aromatic heterocycles. The zero-order chi connectivity index (χ0) is 15.4. The van der Waals surface area contributed by atoms with Crippen molar-refractivity contribution in [2.45, 2.75) is 31.8 Å². The molecule has 1 fully saturated rings. The maximum Gasteiger partial charge on any atom is 0.241 e. The van der Waals surface area contributed by atoms with E-state index in [-0.39, 0.29) is 23.9 Å². The highest BCUT2D eigenvalue weighted by Crippen LogP contribution is 2.22. The van der Waals surface area contributed by atoms with Crippen LogP contribution in [0.1, 0.15) is 19.8 Å². The molecule has 1 aromatic carbocycles. The molecule has 1 aliphatic heterocycles. The fourth-order valence-electron chi connectivity index (χ4n) is 2.70. The lowest BCUT2D eigenvalue weighted by molar-refractivity contribution is -0.128. The third-order valence-electron chi connectivity index (χ3n) is 3.94. The van der Waals surface area contributed by atoms with Crippen LogP contribution in [0.15, 0.2) is 24.3 Å². The predicted octanol–water partition coefficient (Wildman–Crippen LogP) is 0.806. The topological polar surface area (TPSA) is 87.5 Å². The van der Waals surface area contributed by atoms with Crippen LogP contribution in [-0.4, -0.2) is 42.4 Å². The van der Waals surface area contributed by atoms with Crippen molar-refractivity contribution < 1.29 is 9.59 Å². The Balaban J connectivity index is 2.05. The normalized spacial score (nSPS) is 20.0. The highest BCUT2D eigenvalue weighted by molar-refractivity contribution is 5.97. The first kappa shape index (κ1) is 15.3. The number of benzene rings is 1. The molecule has 2 amide bonds. The van der Waals surface area contributed by atoms with Crippen LogP contribution in [0.3, 0.4) is 0 Å². The number of nitrogens with two attached hydrogens (primary N) is 1. The molecule has 6 heteroatoms. The number of carbonyl (C=O) groups excluding carboxylic acids is 2. The van der Waals surface area contributed by atoms with Crippen molar-refractivity contribution in [3.63, 3.8) is 0 Å². The van der Waals surface area contributed by atoms with Crippen molar-refractivity contribution in [2.75, 3.05) is 24.6 Å². The van der Waals surface area contributed by atoms with Crippen molar-refractivity contribution in [1.82, 2.24) is 10.2 Å². The van der Waals surface area contributed by atoms with E-state index in [1.54, 1.807) is 19.2 Å². The van der Waals surface area contributed by atoms with Gasteiger partial charge in [0.2, 0.25) is 11.8 Å². The van der Waals surface area contributed by atoms with Crippen molar-refractivity contribution in [1.29, 1.82) is 0 Å². The number of nitrogen functional groups attached to an aromatic ring is 1. The van der Waals surface area contributed by atoms with Gasteiger partial charge in [-0.15, -0.1) is 0 Å². The lowest BCUT2D eigenvalue weighted by atomic mass is 10.1. The Morgan fingerprint density at radius 2 is 2.10 bits per heavy atom. The molecule has 21 heavy (non-hydrogen) atoms. The molecular weight excluding hydrogens is 268 g/mol. The first-order valence-corrected chi connectivity index (χ1v) is 7.17. The number of hydrogen-bond acceptors (Lipinski definition) is 4. The molecule has 0 bridgehead atoms. The van der Waals surface area contributed by atoms with E-state index < -0.39 is 0 Å². The summed E-state index contributed by atoms with van der Waals surface area (Å²) in [5.41, 5.74) is 6.96. The van der Waals surface area contributed by atoms with Gasteiger partial charge in [0.15, 0.2) is 0 Å². The van der Waals surface area contributed by atoms with Crippen LogP contribution in [-0.2, 0) is 9.59 Å². The van der Waals surface area contributed by atoms with Crippen LogP contribution in [0.4, 0.5) is 11.4 Å². The van der Waals surface area contributed by atoms with Gasteiger partial charge >= 0.3 is 0 Å². The fraction of sp³-hybridized carbons (Fsp3) is 0.467. The molecule has 0 aliphatic carbocycles. The molecule has 0 radical (unpaired) electrons. The smallest absolute Gasteiger partial charge is 0.241 e. The van der Waals surface area contributed by atoms with Gasteiger partial charge in [0.1, 0.15) is 0 Å². The van der Waals surface area contributed by atoms with Crippen LogP contribution < -0.4 is 16.4 Å². The quantitative estimate of drug-likeness (QED) is 0.716. The van der Waals surface area contributed by atoms with Gasteiger partial charge in [-0.05, 0) is 38.4 Å². The number of hydrogen-bond donors (Lipinski definition) is 3. The summed E-state index contributed by atoms with van der Waals surface area (Å²) < 4.78 is 0. The molecule has 2 unspecified atom stereocenters. The maximum atomic E-state index is 12.4. The number of amides is 2. The number of nitrogens with one attached hydrogen (secondary N) is 2. The van der Waals surface area contributed by atoms with Crippen molar-refractivity contribution in [2.24, 2.45) is 0 Å². The molecule has 2 rings (SSSR count). The van der Waals surface area contributed by atoms with Gasteiger partial charge in [0, 0.05) is 7.05 Å². The number of anilines is 2. The van der Waals surface area contributed by atoms with Gasteiger partial charge < -0.3 is 16.4 Å². The molecule has 1 saturated heterocycles. The Labute approximate surface area is 124 Å². The van der Waals surface area contributed by atoms with E-state index in [4.69, 9.17) is 5.73 Å². The van der Waals surface area contributed by atoms with Crippen LogP contribution in [0, 0.1) is 0 Å². The predicted molar refractivity (Wildman–Crippen MR) is 82.7 cm³/mol. The van der Waals surface area contributed by atoms with E-state index in [0.717, 1.165) is 19.4 Å². The lowest BCUT2D eigenvalue weighted by Crippen LogP contribution is -2.50. The minimum atomic E-state index is -0.380. The Kier molecular flexibility index (Phi) is 4.80. The third-order valence-corrected chi connectivity index (χ3v) is 3.94. The van der Waals surface area contributed by atoms with E-state index in [1.807, 2.05) is 24.0 Å². The molecular formula is C15H22N4O2. The summed E-state index contributed by atoms with van der Waals surface area (Å²) in [6.07, 6.45) is 1.70. The Morgan fingerprint density at radius 3 is 2.76 bits per heavy atom. The number of carbonyl (C=O) groups is 2. The fourth-order valence-corrected chi connectivity index (χ4v) is 2.70. The highest BCUT2D eigenvalue weighted by atomic mass is 16.2. The second kappa shape index (κ2) is 6.58. The van der Waals surface area contributed by atoms with Crippen LogP contribution in [0.2, 0.25) is 0 Å². The molecule has 1 aliphatic rings. The van der Waals surface area contributed by atoms with Gasteiger partial charge in [0.25, 0.3) is 0 Å². The van der Waals surface area contributed by atoms with E-state index >= 15 is 0 Å². The minimum absolute atomic E-state index is 0.0358. The zero-order valence-corrected chi connectivity index (χ0v) is 12.4. The second-order valence-corrected chi connectivity index (χ2v) is 5.26. The molecule has 0 saturated carbocycles. The van der Waals surface area contributed by atoms with E-state index in [0.29, 0.717) is 11.4 Å². The number of rotatable bonds is 4. The average Bonchev–Trinajstić information content (AvgIpc) is 2.97. The van der Waals surface area contributed by atoms with Crippen molar-refractivity contribution in [3.05, 3.63) is 24.3 Å². The van der Waals surface area contributed by atoms with Crippen LogP contribution in [0.25, 0.3) is 0 Å². The van der Waals surface area contributed by atoms with Gasteiger partial charge in [-0.3, -0.25) is 14.5 Å². The van der Waals surface area contributed by atoms with Crippen LogP contribution in [0.5, 0.6) is 0 Å². The first-order chi connectivity index (χ1) is 10.0. The summed E-state index contributed by atoms with van der Waals surface area (Å²) in [7, 11) is 1.62. The van der Waals surface area contributed by atoms with E-state index in [9.17, 15) is 9.59 Å². The molecule has 6 nitrogen and oxygen atoms in total. The summed E-state index contributed by atoms with van der Waals surface area (Å²) in [6.45, 7) is 2.56. The van der Waals surface area contributed by atoms with Crippen molar-refractivity contribution in [3.8, 4) is 0 Å². The maximum absolute atomic E-state index is 12.4. The van der Waals surface area contributed by atoms with E-state index in [1.165, 1.54) is 0 Å². The largest absolute Gasteiger partial charge is 0.397 e. The van der Waals surface area contributed by atoms with E-state index in [2.05, 4.69) is 10.6 Å². The lowest BCUT2D eigenvalue weighted by Gasteiger charge is -2.28. The molecule has 4 N–H and O–H groups in total. The Bertz CT molecular complexity index is 532. The van der Waals surface area contributed by atoms with Crippen molar-refractivity contribution >= 4 is 23.2 Å². The Hall–Kier alpha value is -2.08. The summed E-state index contributed by atoms with van der Waals surface area (Å²) in [4.78, 5) is 26.2. The number of para-hydroxylation sites is 2. The Morgan fingerprint density at radius 1 is 1.38 bits per heavy atom. The summed E-state index contributed by atoms with van der Waals surface area (Å²) in [6, 6.07) is 6.53. The summed E-state index contributed by atoms with van der Waals surface area (Å²) in [5.74, 6) is -0.185. The van der Waals surface area contributed by atoms with Crippen LogP contribution >= 0.6 is 0 Å². The molecule has 114 valence electrons. The molecule has 1 heterocycles. The van der Waals surface area contributed by atoms with Gasteiger partial charge in [-0.1, -0.05) is 12.1 Å². The monoisotopic (exact) mass is 290 g/mol. The minimum Gasteiger partial charge on any atom is -0.397 e. The molecule has 0 spiro atoms. The van der Waals surface area contributed by atoms with Gasteiger partial charge in [0.05, 0.1) is 23.5 Å². The molecule has 2 atom stereocenters. The van der Waals surface area contributed by atoms with Gasteiger partial charge in [-0.2, -0.15) is 0 Å². The number of nitrogens with zero attached hydrogens (tertiary/aromatic N) is 1. The highest BCUT2D eigenvalue weighted by Gasteiger charge is 2.35. The number of likely N-dealkylation sites (tertiary alicyclic amines) is 1. The third kappa shape index (κ3) is 3.33. The van der Waals surface area contributed by atoms with Gasteiger partial charge in [-0.25, -0.2) is 0 Å². The first-order valence-electron chi connectivity index (χ1n) is 7.17. The summed E-state index contributed by atoms with van der Waals surface area (Å²) in [5, 5.41) is 5.48. The summed E-state index contributed by atoms with van der Waals surface area (Å²) >= 11 is 0. The standard InChI is InChI=1S/C15H22N4O2/c1-10(19-9-5-8-13(19)15(21)17-2)14(20)18-12-7-4-3-6-11(12)16/h3-4,6-7,10,13H,5,8-9,16H2,1-2H3,(H,17,21)(H,18,20).